The lowest BCUT2D eigenvalue weighted by molar-refractivity contribution is 1.05. The number of aromatic nitrogens is 2. The first-order chi connectivity index (χ1) is 8.16. The summed E-state index contributed by atoms with van der Waals surface area (Å²) < 4.78 is 0. The molecular weight excluding hydrogens is 216 g/mol. The first-order valence-electron chi connectivity index (χ1n) is 5.29. The minimum Gasteiger partial charge on any atom is -0.399 e. The fraction of sp³-hybridized carbons (Fsp3) is 0.167. The molecule has 5 nitrogen and oxygen atoms in total. The molecule has 0 spiro atoms. The number of aromatic amines is 1. The minimum atomic E-state index is -0.174. The zero-order valence-electron chi connectivity index (χ0n) is 9.53. The van der Waals surface area contributed by atoms with E-state index in [9.17, 15) is 4.79 Å². The standard InChI is InChI=1S/C12H14N4O/c1-8-9(3-2-4-10(8)13)6-14-11-5-12(17)16-7-15-11/h2-5,7H,6,13H2,1H3,(H2,14,15,16,17). The van der Waals surface area contributed by atoms with E-state index in [1.54, 1.807) is 0 Å². The molecule has 2 rings (SSSR count). The van der Waals surface area contributed by atoms with Gasteiger partial charge in [-0.25, -0.2) is 4.98 Å². The highest BCUT2D eigenvalue weighted by atomic mass is 16.1. The molecule has 0 aliphatic heterocycles. The molecular formula is C12H14N4O. The van der Waals surface area contributed by atoms with Crippen LogP contribution in [-0.4, -0.2) is 9.97 Å². The Kier molecular flexibility index (Phi) is 3.09. The summed E-state index contributed by atoms with van der Waals surface area (Å²) in [5, 5.41) is 3.08. The molecule has 0 aliphatic carbocycles. The van der Waals surface area contributed by atoms with E-state index in [0.29, 0.717) is 12.4 Å². The van der Waals surface area contributed by atoms with Crippen LogP contribution in [0.2, 0.25) is 0 Å². The van der Waals surface area contributed by atoms with E-state index in [-0.39, 0.29) is 5.56 Å². The van der Waals surface area contributed by atoms with Gasteiger partial charge < -0.3 is 16.0 Å². The highest BCUT2D eigenvalue weighted by molar-refractivity contribution is 5.50. The number of nitrogens with zero attached hydrogens (tertiary/aromatic N) is 1. The lowest BCUT2D eigenvalue weighted by atomic mass is 10.1. The predicted molar refractivity (Wildman–Crippen MR) is 67.8 cm³/mol. The number of benzene rings is 1. The number of hydrogen-bond acceptors (Lipinski definition) is 4. The van der Waals surface area contributed by atoms with Crippen LogP contribution in [-0.2, 0) is 6.54 Å². The van der Waals surface area contributed by atoms with E-state index >= 15 is 0 Å². The molecule has 0 radical (unpaired) electrons. The van der Waals surface area contributed by atoms with Crippen LogP contribution in [0.25, 0.3) is 0 Å². The van der Waals surface area contributed by atoms with Crippen molar-refractivity contribution >= 4 is 11.5 Å². The van der Waals surface area contributed by atoms with Gasteiger partial charge in [-0.15, -0.1) is 0 Å². The Morgan fingerprint density at radius 3 is 3.06 bits per heavy atom. The Labute approximate surface area is 98.7 Å². The summed E-state index contributed by atoms with van der Waals surface area (Å²) in [7, 11) is 0. The van der Waals surface area contributed by atoms with E-state index < -0.39 is 0 Å². The third-order valence-electron chi connectivity index (χ3n) is 2.63. The van der Waals surface area contributed by atoms with Crippen LogP contribution >= 0.6 is 0 Å². The second-order valence-corrected chi connectivity index (χ2v) is 3.78. The molecule has 0 saturated carbocycles. The van der Waals surface area contributed by atoms with E-state index in [0.717, 1.165) is 16.8 Å². The first kappa shape index (κ1) is 11.2. The molecule has 1 aromatic heterocycles. The summed E-state index contributed by atoms with van der Waals surface area (Å²) in [6.45, 7) is 2.56. The van der Waals surface area contributed by atoms with Crippen LogP contribution in [0.4, 0.5) is 11.5 Å². The van der Waals surface area contributed by atoms with Crippen LogP contribution in [0.1, 0.15) is 11.1 Å². The van der Waals surface area contributed by atoms with Crippen molar-refractivity contribution in [1.82, 2.24) is 9.97 Å². The summed E-state index contributed by atoms with van der Waals surface area (Å²) >= 11 is 0. The maximum atomic E-state index is 11.1. The zero-order valence-corrected chi connectivity index (χ0v) is 9.53. The van der Waals surface area contributed by atoms with Gasteiger partial charge in [0.25, 0.3) is 5.56 Å². The molecule has 17 heavy (non-hydrogen) atoms. The van der Waals surface area contributed by atoms with Crippen molar-refractivity contribution in [2.24, 2.45) is 0 Å². The van der Waals surface area contributed by atoms with Crippen LogP contribution in [0, 0.1) is 6.92 Å². The number of hydrogen-bond donors (Lipinski definition) is 3. The van der Waals surface area contributed by atoms with E-state index in [4.69, 9.17) is 5.73 Å². The van der Waals surface area contributed by atoms with Gasteiger partial charge in [0.05, 0.1) is 6.33 Å². The van der Waals surface area contributed by atoms with Crippen molar-refractivity contribution in [1.29, 1.82) is 0 Å². The molecule has 0 saturated heterocycles. The van der Waals surface area contributed by atoms with Gasteiger partial charge in [0.2, 0.25) is 0 Å². The zero-order chi connectivity index (χ0) is 12.3. The number of rotatable bonds is 3. The van der Waals surface area contributed by atoms with Gasteiger partial charge in [-0.3, -0.25) is 4.79 Å². The molecule has 0 bridgehead atoms. The quantitative estimate of drug-likeness (QED) is 0.693. The Bertz CT molecular complexity index is 577. The fourth-order valence-electron chi connectivity index (χ4n) is 1.55. The second kappa shape index (κ2) is 4.69. The number of anilines is 2. The molecule has 0 unspecified atom stereocenters. The summed E-state index contributed by atoms with van der Waals surface area (Å²) in [5.41, 5.74) is 8.54. The van der Waals surface area contributed by atoms with Crippen molar-refractivity contribution in [3.8, 4) is 0 Å². The van der Waals surface area contributed by atoms with Crippen molar-refractivity contribution in [3.05, 3.63) is 52.1 Å². The summed E-state index contributed by atoms with van der Waals surface area (Å²) in [5.74, 6) is 0.551. The average Bonchev–Trinajstić information content (AvgIpc) is 2.31. The maximum absolute atomic E-state index is 11.1. The van der Waals surface area contributed by atoms with Crippen LogP contribution < -0.4 is 16.6 Å². The van der Waals surface area contributed by atoms with Crippen molar-refractivity contribution in [2.75, 3.05) is 11.1 Å². The number of nitrogen functional groups attached to an aromatic ring is 1. The third kappa shape index (κ3) is 2.63. The molecule has 1 aromatic carbocycles. The smallest absolute Gasteiger partial charge is 0.252 e. The van der Waals surface area contributed by atoms with Gasteiger partial charge in [0.15, 0.2) is 0 Å². The van der Waals surface area contributed by atoms with Gasteiger partial charge >= 0.3 is 0 Å². The van der Waals surface area contributed by atoms with Gasteiger partial charge in [-0.05, 0) is 24.1 Å². The number of H-pyrrole nitrogens is 1. The lowest BCUT2D eigenvalue weighted by Crippen LogP contribution is -2.09. The van der Waals surface area contributed by atoms with E-state index in [1.165, 1.54) is 12.4 Å². The highest BCUT2D eigenvalue weighted by Gasteiger charge is 2.01. The molecule has 0 atom stereocenters. The summed E-state index contributed by atoms with van der Waals surface area (Å²) in [6, 6.07) is 7.18. The highest BCUT2D eigenvalue weighted by Crippen LogP contribution is 2.16. The van der Waals surface area contributed by atoms with Gasteiger partial charge in [0, 0.05) is 18.3 Å². The van der Waals surface area contributed by atoms with Gasteiger partial charge in [0.1, 0.15) is 5.82 Å². The molecule has 5 heteroatoms. The van der Waals surface area contributed by atoms with E-state index in [2.05, 4.69) is 15.3 Å². The Balaban J connectivity index is 2.13. The van der Waals surface area contributed by atoms with Crippen LogP contribution in [0.3, 0.4) is 0 Å². The largest absolute Gasteiger partial charge is 0.399 e. The van der Waals surface area contributed by atoms with Crippen LogP contribution in [0.5, 0.6) is 0 Å². The maximum Gasteiger partial charge on any atom is 0.252 e. The predicted octanol–water partition coefficient (Wildman–Crippen LogP) is 1.27. The molecule has 0 amide bonds. The molecule has 2 aromatic rings. The normalized spacial score (nSPS) is 10.2. The second-order valence-electron chi connectivity index (χ2n) is 3.78. The fourth-order valence-corrected chi connectivity index (χ4v) is 1.55. The van der Waals surface area contributed by atoms with Crippen molar-refractivity contribution < 1.29 is 0 Å². The van der Waals surface area contributed by atoms with Gasteiger partial charge in [-0.2, -0.15) is 0 Å². The Hall–Kier alpha value is -2.30. The Morgan fingerprint density at radius 1 is 1.47 bits per heavy atom. The topological polar surface area (TPSA) is 83.8 Å². The molecule has 88 valence electrons. The minimum absolute atomic E-state index is 0.174. The van der Waals surface area contributed by atoms with Gasteiger partial charge in [-0.1, -0.05) is 12.1 Å². The number of nitrogens with one attached hydrogen (secondary N) is 2. The monoisotopic (exact) mass is 230 g/mol. The molecule has 1 heterocycles. The third-order valence-corrected chi connectivity index (χ3v) is 2.63. The Morgan fingerprint density at radius 2 is 2.29 bits per heavy atom. The average molecular weight is 230 g/mol. The molecule has 0 aliphatic rings. The first-order valence-corrected chi connectivity index (χ1v) is 5.29. The SMILES string of the molecule is Cc1c(N)cccc1CNc1cc(=O)[nH]cn1. The van der Waals surface area contributed by atoms with Crippen molar-refractivity contribution in [3.63, 3.8) is 0 Å². The van der Waals surface area contributed by atoms with Crippen LogP contribution in [0.15, 0.2) is 35.4 Å². The van der Waals surface area contributed by atoms with E-state index in [1.807, 2.05) is 25.1 Å². The van der Waals surface area contributed by atoms with Crippen molar-refractivity contribution in [2.45, 2.75) is 13.5 Å². The lowest BCUT2D eigenvalue weighted by Gasteiger charge is -2.09. The summed E-state index contributed by atoms with van der Waals surface area (Å²) in [4.78, 5) is 17.5. The number of nitrogens with two attached hydrogens (primary N) is 1. The molecule has 4 N–H and O–H groups in total. The molecule has 0 fully saturated rings. The summed E-state index contributed by atoms with van der Waals surface area (Å²) in [6.07, 6.45) is 1.37.